The van der Waals surface area contributed by atoms with Crippen LogP contribution in [0.2, 0.25) is 0 Å². The van der Waals surface area contributed by atoms with Crippen LogP contribution in [0, 0.1) is 5.92 Å². The van der Waals surface area contributed by atoms with Crippen LogP contribution in [0.5, 0.6) is 0 Å². The second-order valence-corrected chi connectivity index (χ2v) is 5.94. The minimum atomic E-state index is -4.56. The van der Waals surface area contributed by atoms with Gasteiger partial charge in [0.05, 0.1) is 11.1 Å². The van der Waals surface area contributed by atoms with Gasteiger partial charge in [0.15, 0.2) is 0 Å². The first-order valence-electron chi connectivity index (χ1n) is 7.62. The highest BCUT2D eigenvalue weighted by molar-refractivity contribution is 5.96. The largest absolute Gasteiger partial charge is 0.417 e. The standard InChI is InChI=1S/C16H17F3N2O2/c17-16(18,19)13-4-2-1-3-12(13)15(23)21-9-7-20(8-10-21)14(22)11-5-6-11/h1-4,11H,5-10H2. The lowest BCUT2D eigenvalue weighted by atomic mass is 10.1. The van der Waals surface area contributed by atoms with Crippen molar-refractivity contribution in [2.45, 2.75) is 19.0 Å². The Morgan fingerprint density at radius 2 is 1.52 bits per heavy atom. The number of rotatable bonds is 2. The molecule has 0 spiro atoms. The third kappa shape index (κ3) is 3.33. The lowest BCUT2D eigenvalue weighted by molar-refractivity contribution is -0.138. The van der Waals surface area contributed by atoms with Crippen molar-refractivity contribution in [3.8, 4) is 0 Å². The van der Waals surface area contributed by atoms with Gasteiger partial charge in [0.2, 0.25) is 5.91 Å². The number of hydrogen-bond donors (Lipinski definition) is 0. The van der Waals surface area contributed by atoms with E-state index in [2.05, 4.69) is 0 Å². The Bertz CT molecular complexity index is 618. The van der Waals surface area contributed by atoms with E-state index in [0.29, 0.717) is 13.1 Å². The van der Waals surface area contributed by atoms with Crippen LogP contribution in [-0.2, 0) is 11.0 Å². The third-order valence-corrected chi connectivity index (χ3v) is 4.27. The Labute approximate surface area is 131 Å². The molecule has 124 valence electrons. The Balaban J connectivity index is 1.69. The summed E-state index contributed by atoms with van der Waals surface area (Å²) in [6.45, 7) is 1.30. The summed E-state index contributed by atoms with van der Waals surface area (Å²) in [5.74, 6) is -0.410. The van der Waals surface area contributed by atoms with E-state index >= 15 is 0 Å². The van der Waals surface area contributed by atoms with E-state index in [9.17, 15) is 22.8 Å². The summed E-state index contributed by atoms with van der Waals surface area (Å²) in [6, 6.07) is 4.81. The molecule has 1 saturated carbocycles. The van der Waals surface area contributed by atoms with Gasteiger partial charge in [0, 0.05) is 32.1 Å². The Morgan fingerprint density at radius 1 is 0.957 bits per heavy atom. The number of hydrogen-bond acceptors (Lipinski definition) is 2. The fourth-order valence-corrected chi connectivity index (χ4v) is 2.81. The highest BCUT2D eigenvalue weighted by Gasteiger charge is 2.38. The molecule has 0 bridgehead atoms. The SMILES string of the molecule is O=C(c1ccccc1C(F)(F)F)N1CCN(C(=O)C2CC2)CC1. The molecule has 2 amide bonds. The topological polar surface area (TPSA) is 40.6 Å². The molecule has 1 saturated heterocycles. The molecule has 1 heterocycles. The first-order valence-corrected chi connectivity index (χ1v) is 7.62. The lowest BCUT2D eigenvalue weighted by Crippen LogP contribution is -2.51. The number of benzene rings is 1. The lowest BCUT2D eigenvalue weighted by Gasteiger charge is -2.35. The van der Waals surface area contributed by atoms with E-state index in [0.717, 1.165) is 18.9 Å². The first kappa shape index (κ1) is 15.8. The first-order chi connectivity index (χ1) is 10.9. The van der Waals surface area contributed by atoms with Gasteiger partial charge in [-0.1, -0.05) is 12.1 Å². The molecule has 4 nitrogen and oxygen atoms in total. The minimum Gasteiger partial charge on any atom is -0.339 e. The highest BCUT2D eigenvalue weighted by atomic mass is 19.4. The molecule has 2 fully saturated rings. The second kappa shape index (κ2) is 5.86. The van der Waals surface area contributed by atoms with E-state index in [1.54, 1.807) is 4.90 Å². The molecule has 0 atom stereocenters. The summed E-state index contributed by atoms with van der Waals surface area (Å²) in [5.41, 5.74) is -1.25. The van der Waals surface area contributed by atoms with Gasteiger partial charge < -0.3 is 9.80 Å². The zero-order valence-electron chi connectivity index (χ0n) is 12.5. The van der Waals surface area contributed by atoms with Crippen molar-refractivity contribution in [2.24, 2.45) is 5.92 Å². The molecule has 3 rings (SSSR count). The van der Waals surface area contributed by atoms with Crippen molar-refractivity contribution in [3.63, 3.8) is 0 Å². The molecule has 0 aromatic heterocycles. The van der Waals surface area contributed by atoms with Crippen molar-refractivity contribution in [3.05, 3.63) is 35.4 Å². The normalized spacial score (nSPS) is 18.9. The predicted octanol–water partition coefficient (Wildman–Crippen LogP) is 2.40. The van der Waals surface area contributed by atoms with E-state index in [1.807, 2.05) is 0 Å². The van der Waals surface area contributed by atoms with E-state index < -0.39 is 17.6 Å². The molecular formula is C16H17F3N2O2. The predicted molar refractivity (Wildman–Crippen MR) is 76.7 cm³/mol. The average molecular weight is 326 g/mol. The summed E-state index contributed by atoms with van der Waals surface area (Å²) in [6.07, 6.45) is -2.73. The van der Waals surface area contributed by atoms with Gasteiger partial charge in [0.1, 0.15) is 0 Å². The van der Waals surface area contributed by atoms with Crippen molar-refractivity contribution in [1.82, 2.24) is 9.80 Å². The number of nitrogens with zero attached hydrogens (tertiary/aromatic N) is 2. The summed E-state index contributed by atoms with van der Waals surface area (Å²) in [7, 11) is 0. The van der Waals surface area contributed by atoms with Gasteiger partial charge in [-0.15, -0.1) is 0 Å². The van der Waals surface area contributed by atoms with Crippen LogP contribution < -0.4 is 0 Å². The Kier molecular flexibility index (Phi) is 4.04. The molecule has 1 aliphatic heterocycles. The van der Waals surface area contributed by atoms with Crippen LogP contribution in [0.15, 0.2) is 24.3 Å². The summed E-state index contributed by atoms with van der Waals surface area (Å²) in [4.78, 5) is 27.5. The van der Waals surface area contributed by atoms with Crippen molar-refractivity contribution in [1.29, 1.82) is 0 Å². The van der Waals surface area contributed by atoms with Gasteiger partial charge in [-0.25, -0.2) is 0 Å². The minimum absolute atomic E-state index is 0.104. The maximum atomic E-state index is 13.0. The smallest absolute Gasteiger partial charge is 0.339 e. The molecule has 23 heavy (non-hydrogen) atoms. The molecule has 7 heteroatoms. The van der Waals surface area contributed by atoms with Crippen LogP contribution in [0.1, 0.15) is 28.8 Å². The van der Waals surface area contributed by atoms with Crippen molar-refractivity contribution >= 4 is 11.8 Å². The molecule has 1 aromatic rings. The van der Waals surface area contributed by atoms with Gasteiger partial charge in [-0.2, -0.15) is 13.2 Å². The van der Waals surface area contributed by atoms with Crippen LogP contribution in [0.25, 0.3) is 0 Å². The molecule has 0 unspecified atom stereocenters. The quantitative estimate of drug-likeness (QED) is 0.837. The maximum absolute atomic E-state index is 13.0. The summed E-state index contributed by atoms with van der Waals surface area (Å²) in [5, 5.41) is 0. The second-order valence-electron chi connectivity index (χ2n) is 5.94. The van der Waals surface area contributed by atoms with Gasteiger partial charge in [0.25, 0.3) is 5.91 Å². The van der Waals surface area contributed by atoms with Crippen LogP contribution in [0.4, 0.5) is 13.2 Å². The molecule has 1 aromatic carbocycles. The maximum Gasteiger partial charge on any atom is 0.417 e. The highest BCUT2D eigenvalue weighted by Crippen LogP contribution is 2.33. The fraction of sp³-hybridized carbons (Fsp3) is 0.500. The van der Waals surface area contributed by atoms with Gasteiger partial charge in [-0.3, -0.25) is 9.59 Å². The van der Waals surface area contributed by atoms with Gasteiger partial charge >= 0.3 is 6.18 Å². The van der Waals surface area contributed by atoms with Gasteiger partial charge in [-0.05, 0) is 25.0 Å². The summed E-state index contributed by atoms with van der Waals surface area (Å²) >= 11 is 0. The number of amides is 2. The van der Waals surface area contributed by atoms with Crippen LogP contribution >= 0.6 is 0 Å². The molecule has 0 N–H and O–H groups in total. The Hall–Kier alpha value is -2.05. The van der Waals surface area contributed by atoms with E-state index in [4.69, 9.17) is 0 Å². The molecular weight excluding hydrogens is 309 g/mol. The molecule has 1 aliphatic carbocycles. The zero-order chi connectivity index (χ0) is 16.6. The number of piperazine rings is 1. The fourth-order valence-electron chi connectivity index (χ4n) is 2.81. The van der Waals surface area contributed by atoms with E-state index in [-0.39, 0.29) is 30.5 Å². The number of halogens is 3. The number of carbonyl (C=O) groups excluding carboxylic acids is 2. The third-order valence-electron chi connectivity index (χ3n) is 4.27. The van der Waals surface area contributed by atoms with Crippen LogP contribution in [-0.4, -0.2) is 47.8 Å². The zero-order valence-corrected chi connectivity index (χ0v) is 12.5. The van der Waals surface area contributed by atoms with Crippen molar-refractivity contribution < 1.29 is 22.8 Å². The molecule has 0 radical (unpaired) electrons. The average Bonchev–Trinajstić information content (AvgIpc) is 3.38. The Morgan fingerprint density at radius 3 is 2.09 bits per heavy atom. The number of carbonyl (C=O) groups is 2. The van der Waals surface area contributed by atoms with Crippen molar-refractivity contribution in [2.75, 3.05) is 26.2 Å². The molecule has 2 aliphatic rings. The van der Waals surface area contributed by atoms with Crippen LogP contribution in [0.3, 0.4) is 0 Å². The van der Waals surface area contributed by atoms with E-state index in [1.165, 1.54) is 23.1 Å². The number of alkyl halides is 3. The summed E-state index contributed by atoms with van der Waals surface area (Å²) < 4.78 is 39.0. The monoisotopic (exact) mass is 326 g/mol.